The monoisotopic (exact) mass is 237 g/mol. The quantitative estimate of drug-likeness (QED) is 0.770. The van der Waals surface area contributed by atoms with Gasteiger partial charge in [0, 0.05) is 19.2 Å². The maximum Gasteiger partial charge on any atom is 0.0436 e. The molecule has 1 unspecified atom stereocenters. The van der Waals surface area contributed by atoms with Crippen LogP contribution in [0.4, 0.5) is 0 Å². The van der Waals surface area contributed by atoms with Crippen molar-refractivity contribution in [3.05, 3.63) is 0 Å². The highest BCUT2D eigenvalue weighted by Crippen LogP contribution is 2.53. The highest BCUT2D eigenvalue weighted by atomic mass is 16.3. The molecule has 0 amide bonds. The molecule has 3 rings (SSSR count). The van der Waals surface area contributed by atoms with Crippen LogP contribution in [-0.2, 0) is 0 Å². The second kappa shape index (κ2) is 4.55. The second-order valence-electron chi connectivity index (χ2n) is 6.87. The van der Waals surface area contributed by atoms with Crippen LogP contribution in [0.1, 0.15) is 64.2 Å². The SMILES string of the molecule is OCCC1(CNC2CCC23CCCCC3)CC1. The van der Waals surface area contributed by atoms with Crippen molar-refractivity contribution in [2.24, 2.45) is 10.8 Å². The van der Waals surface area contributed by atoms with Crippen LogP contribution >= 0.6 is 0 Å². The van der Waals surface area contributed by atoms with Gasteiger partial charge < -0.3 is 10.4 Å². The lowest BCUT2D eigenvalue weighted by molar-refractivity contribution is 0.0196. The van der Waals surface area contributed by atoms with E-state index >= 15 is 0 Å². The molecular weight excluding hydrogens is 210 g/mol. The summed E-state index contributed by atoms with van der Waals surface area (Å²) in [4.78, 5) is 0. The molecular formula is C15H27NO. The molecule has 3 fully saturated rings. The Hall–Kier alpha value is -0.0800. The Kier molecular flexibility index (Phi) is 3.20. The lowest BCUT2D eigenvalue weighted by Gasteiger charge is -2.53. The summed E-state index contributed by atoms with van der Waals surface area (Å²) in [5, 5.41) is 12.9. The van der Waals surface area contributed by atoms with Gasteiger partial charge in [-0.05, 0) is 55.8 Å². The Labute approximate surface area is 105 Å². The van der Waals surface area contributed by atoms with E-state index in [1.54, 1.807) is 0 Å². The van der Waals surface area contributed by atoms with Gasteiger partial charge in [0.25, 0.3) is 0 Å². The first-order chi connectivity index (χ1) is 8.29. The van der Waals surface area contributed by atoms with Gasteiger partial charge in [-0.3, -0.25) is 0 Å². The third-order valence-corrected chi connectivity index (χ3v) is 5.84. The van der Waals surface area contributed by atoms with Crippen molar-refractivity contribution >= 4 is 0 Å². The van der Waals surface area contributed by atoms with Crippen molar-refractivity contribution < 1.29 is 5.11 Å². The van der Waals surface area contributed by atoms with Gasteiger partial charge in [-0.1, -0.05) is 19.3 Å². The maximum absolute atomic E-state index is 9.09. The molecule has 1 atom stereocenters. The molecule has 2 nitrogen and oxygen atoms in total. The lowest BCUT2D eigenvalue weighted by Crippen LogP contribution is -2.55. The van der Waals surface area contributed by atoms with Crippen molar-refractivity contribution in [1.82, 2.24) is 5.32 Å². The number of aliphatic hydroxyl groups excluding tert-OH is 1. The fourth-order valence-corrected chi connectivity index (χ4v) is 4.14. The number of rotatable bonds is 5. The van der Waals surface area contributed by atoms with Crippen LogP contribution in [0.15, 0.2) is 0 Å². The Balaban J connectivity index is 1.49. The first-order valence-corrected chi connectivity index (χ1v) is 7.63. The summed E-state index contributed by atoms with van der Waals surface area (Å²) in [6, 6.07) is 0.805. The average molecular weight is 237 g/mol. The van der Waals surface area contributed by atoms with Gasteiger partial charge >= 0.3 is 0 Å². The van der Waals surface area contributed by atoms with Gasteiger partial charge in [0.05, 0.1) is 0 Å². The molecule has 98 valence electrons. The van der Waals surface area contributed by atoms with E-state index in [1.807, 2.05) is 0 Å². The maximum atomic E-state index is 9.09. The molecule has 2 N–H and O–H groups in total. The first kappa shape index (κ1) is 12.0. The van der Waals surface area contributed by atoms with Crippen LogP contribution in [0, 0.1) is 10.8 Å². The van der Waals surface area contributed by atoms with Crippen LogP contribution in [0.5, 0.6) is 0 Å². The Morgan fingerprint density at radius 3 is 2.29 bits per heavy atom. The summed E-state index contributed by atoms with van der Waals surface area (Å²) in [7, 11) is 0. The highest BCUT2D eigenvalue weighted by Gasteiger charge is 2.48. The van der Waals surface area contributed by atoms with E-state index in [2.05, 4.69) is 5.32 Å². The van der Waals surface area contributed by atoms with Crippen LogP contribution in [0.2, 0.25) is 0 Å². The highest BCUT2D eigenvalue weighted by molar-refractivity contribution is 5.04. The molecule has 0 aromatic heterocycles. The molecule has 0 aromatic carbocycles. The van der Waals surface area contributed by atoms with Gasteiger partial charge in [0.1, 0.15) is 0 Å². The number of aliphatic hydroxyl groups is 1. The molecule has 0 radical (unpaired) electrons. The average Bonchev–Trinajstić information content (AvgIpc) is 3.10. The molecule has 3 aliphatic carbocycles. The van der Waals surface area contributed by atoms with Crippen molar-refractivity contribution in [2.75, 3.05) is 13.2 Å². The van der Waals surface area contributed by atoms with Gasteiger partial charge in [-0.25, -0.2) is 0 Å². The summed E-state index contributed by atoms with van der Waals surface area (Å²) in [5.74, 6) is 0. The number of nitrogens with one attached hydrogen (secondary N) is 1. The van der Waals surface area contributed by atoms with Crippen LogP contribution in [-0.4, -0.2) is 24.3 Å². The molecule has 0 heterocycles. The molecule has 17 heavy (non-hydrogen) atoms. The molecule has 0 aliphatic heterocycles. The first-order valence-electron chi connectivity index (χ1n) is 7.63. The predicted molar refractivity (Wildman–Crippen MR) is 69.9 cm³/mol. The van der Waals surface area contributed by atoms with Gasteiger partial charge in [0.15, 0.2) is 0 Å². The van der Waals surface area contributed by atoms with Crippen LogP contribution < -0.4 is 5.32 Å². The lowest BCUT2D eigenvalue weighted by atomic mass is 9.57. The largest absolute Gasteiger partial charge is 0.396 e. The smallest absolute Gasteiger partial charge is 0.0436 e. The molecule has 0 saturated heterocycles. The van der Waals surface area contributed by atoms with E-state index in [0.29, 0.717) is 17.4 Å². The zero-order valence-corrected chi connectivity index (χ0v) is 11.0. The predicted octanol–water partition coefficient (Wildman–Crippen LogP) is 2.85. The summed E-state index contributed by atoms with van der Waals surface area (Å²) < 4.78 is 0. The standard InChI is InChI=1S/C15H27NO/c17-11-10-14(8-9-14)12-16-13-4-7-15(13)5-2-1-3-6-15/h13,16-17H,1-12H2. The minimum Gasteiger partial charge on any atom is -0.396 e. The summed E-state index contributed by atoms with van der Waals surface area (Å²) >= 11 is 0. The van der Waals surface area contributed by atoms with Crippen molar-refractivity contribution in [3.63, 3.8) is 0 Å². The molecule has 3 saturated carbocycles. The third kappa shape index (κ3) is 2.26. The summed E-state index contributed by atoms with van der Waals surface area (Å²) in [6.07, 6.45) is 13.9. The molecule has 0 aromatic rings. The Morgan fingerprint density at radius 1 is 1.00 bits per heavy atom. The fourth-order valence-electron chi connectivity index (χ4n) is 4.14. The molecule has 2 heteroatoms. The fraction of sp³-hybridized carbons (Fsp3) is 1.00. The summed E-state index contributed by atoms with van der Waals surface area (Å²) in [5.41, 5.74) is 1.17. The van der Waals surface area contributed by atoms with Gasteiger partial charge in [-0.2, -0.15) is 0 Å². The van der Waals surface area contributed by atoms with E-state index in [1.165, 1.54) is 64.3 Å². The topological polar surface area (TPSA) is 32.3 Å². The Morgan fingerprint density at radius 2 is 1.76 bits per heavy atom. The zero-order chi connectivity index (χ0) is 11.8. The van der Waals surface area contributed by atoms with E-state index in [0.717, 1.165) is 12.5 Å². The van der Waals surface area contributed by atoms with E-state index in [-0.39, 0.29) is 0 Å². The van der Waals surface area contributed by atoms with E-state index < -0.39 is 0 Å². The number of hydrogen-bond donors (Lipinski definition) is 2. The van der Waals surface area contributed by atoms with Crippen molar-refractivity contribution in [2.45, 2.75) is 70.3 Å². The van der Waals surface area contributed by atoms with Gasteiger partial charge in [-0.15, -0.1) is 0 Å². The zero-order valence-electron chi connectivity index (χ0n) is 11.0. The van der Waals surface area contributed by atoms with Crippen molar-refractivity contribution in [3.8, 4) is 0 Å². The normalized spacial score (nSPS) is 33.4. The summed E-state index contributed by atoms with van der Waals surface area (Å²) in [6.45, 7) is 1.54. The van der Waals surface area contributed by atoms with Crippen molar-refractivity contribution in [1.29, 1.82) is 0 Å². The molecule has 3 aliphatic rings. The minimum atomic E-state index is 0.373. The second-order valence-corrected chi connectivity index (χ2v) is 6.87. The minimum absolute atomic E-state index is 0.373. The number of hydrogen-bond acceptors (Lipinski definition) is 2. The van der Waals surface area contributed by atoms with E-state index in [4.69, 9.17) is 5.11 Å². The Bertz CT molecular complexity index is 266. The third-order valence-electron chi connectivity index (χ3n) is 5.84. The van der Waals surface area contributed by atoms with Gasteiger partial charge in [0.2, 0.25) is 0 Å². The van der Waals surface area contributed by atoms with Crippen LogP contribution in [0.25, 0.3) is 0 Å². The van der Waals surface area contributed by atoms with E-state index in [9.17, 15) is 0 Å². The molecule has 1 spiro atoms. The van der Waals surface area contributed by atoms with Crippen LogP contribution in [0.3, 0.4) is 0 Å². The molecule has 0 bridgehead atoms.